The van der Waals surface area contributed by atoms with Crippen molar-refractivity contribution in [2.24, 2.45) is 0 Å². The zero-order valence-corrected chi connectivity index (χ0v) is 14.9. The van der Waals surface area contributed by atoms with Crippen LogP contribution in [0.1, 0.15) is 16.7 Å². The number of benzene rings is 3. The summed E-state index contributed by atoms with van der Waals surface area (Å²) in [6.45, 7) is 0.819. The maximum absolute atomic E-state index is 14.7. The third-order valence-corrected chi connectivity index (χ3v) is 5.44. The molecule has 0 fully saturated rings. The van der Waals surface area contributed by atoms with Crippen LogP contribution in [0.15, 0.2) is 67.0 Å². The average Bonchev–Trinajstić information content (AvgIpc) is 3.34. The maximum Gasteiger partial charge on any atom is 0.158 e. The molecule has 0 bridgehead atoms. The molecule has 1 aliphatic carbocycles. The maximum atomic E-state index is 14.7. The van der Waals surface area contributed by atoms with E-state index in [2.05, 4.69) is 51.7 Å². The van der Waals surface area contributed by atoms with E-state index in [1.54, 1.807) is 6.07 Å². The molecule has 0 spiro atoms. The third-order valence-electron chi connectivity index (χ3n) is 5.44. The van der Waals surface area contributed by atoms with Crippen LogP contribution < -0.4 is 5.32 Å². The number of nitrogens with one attached hydrogen (secondary N) is 2. The van der Waals surface area contributed by atoms with E-state index >= 15 is 0 Å². The van der Waals surface area contributed by atoms with Crippen LogP contribution in [0.3, 0.4) is 0 Å². The Hall–Kier alpha value is -2.98. The van der Waals surface area contributed by atoms with Gasteiger partial charge in [0.25, 0.3) is 0 Å². The third kappa shape index (κ3) is 3.02. The predicted octanol–water partition coefficient (Wildman–Crippen LogP) is 4.63. The SMILES string of the molecule is Fc1c(-c2ccc(CNC3Cc4ccccc4C3)cc2)ccc2[nH]cnc12. The largest absolute Gasteiger partial charge is 0.345 e. The Balaban J connectivity index is 1.28. The zero-order chi connectivity index (χ0) is 18.2. The van der Waals surface area contributed by atoms with Crippen molar-refractivity contribution in [1.82, 2.24) is 15.3 Å². The number of hydrogen-bond acceptors (Lipinski definition) is 2. The molecule has 4 heteroatoms. The number of rotatable bonds is 4. The minimum absolute atomic E-state index is 0.275. The summed E-state index contributed by atoms with van der Waals surface area (Å²) in [5.74, 6) is -0.275. The highest BCUT2D eigenvalue weighted by Crippen LogP contribution is 2.28. The fraction of sp³-hybridized carbons (Fsp3) is 0.174. The van der Waals surface area contributed by atoms with E-state index in [0.29, 0.717) is 17.1 Å². The predicted molar refractivity (Wildman–Crippen MR) is 106 cm³/mol. The second-order valence-electron chi connectivity index (χ2n) is 7.18. The van der Waals surface area contributed by atoms with Gasteiger partial charge in [-0.2, -0.15) is 0 Å². The topological polar surface area (TPSA) is 40.7 Å². The van der Waals surface area contributed by atoms with E-state index in [4.69, 9.17) is 0 Å². The van der Waals surface area contributed by atoms with Crippen molar-refractivity contribution < 1.29 is 4.39 Å². The van der Waals surface area contributed by atoms with Gasteiger partial charge in [0.05, 0.1) is 11.8 Å². The van der Waals surface area contributed by atoms with Crippen molar-refractivity contribution >= 4 is 11.0 Å². The van der Waals surface area contributed by atoms with Gasteiger partial charge in [0, 0.05) is 18.2 Å². The molecule has 134 valence electrons. The van der Waals surface area contributed by atoms with Crippen molar-refractivity contribution in [3.8, 4) is 11.1 Å². The Bertz CT molecular complexity index is 1070. The van der Waals surface area contributed by atoms with Crippen LogP contribution in [0, 0.1) is 5.82 Å². The number of nitrogens with zero attached hydrogens (tertiary/aromatic N) is 1. The van der Waals surface area contributed by atoms with Gasteiger partial charge in [-0.25, -0.2) is 9.37 Å². The van der Waals surface area contributed by atoms with Gasteiger partial charge in [0.1, 0.15) is 5.52 Å². The van der Waals surface area contributed by atoms with Crippen LogP contribution in [0.5, 0.6) is 0 Å². The van der Waals surface area contributed by atoms with Gasteiger partial charge in [-0.15, -0.1) is 0 Å². The molecular weight excluding hydrogens is 337 g/mol. The molecule has 0 unspecified atom stereocenters. The molecule has 1 aromatic heterocycles. The molecule has 5 rings (SSSR count). The number of fused-ring (bicyclic) bond motifs is 2. The minimum atomic E-state index is -0.275. The molecule has 1 heterocycles. The number of halogens is 1. The Kier molecular flexibility index (Phi) is 3.98. The summed E-state index contributed by atoms with van der Waals surface area (Å²) in [4.78, 5) is 7.01. The molecule has 27 heavy (non-hydrogen) atoms. The van der Waals surface area contributed by atoms with E-state index in [1.165, 1.54) is 23.0 Å². The lowest BCUT2D eigenvalue weighted by Crippen LogP contribution is -2.28. The fourth-order valence-corrected chi connectivity index (χ4v) is 3.96. The molecular formula is C23H20FN3. The molecule has 4 aromatic rings. The van der Waals surface area contributed by atoms with Gasteiger partial charge in [-0.05, 0) is 47.2 Å². The second kappa shape index (κ2) is 6.63. The Morgan fingerprint density at radius 2 is 1.70 bits per heavy atom. The number of aromatic nitrogens is 2. The zero-order valence-electron chi connectivity index (χ0n) is 14.9. The van der Waals surface area contributed by atoms with Gasteiger partial charge >= 0.3 is 0 Å². The smallest absolute Gasteiger partial charge is 0.158 e. The summed E-state index contributed by atoms with van der Waals surface area (Å²) in [6.07, 6.45) is 3.69. The quantitative estimate of drug-likeness (QED) is 0.559. The Morgan fingerprint density at radius 1 is 0.963 bits per heavy atom. The summed E-state index contributed by atoms with van der Waals surface area (Å²) < 4.78 is 14.7. The highest BCUT2D eigenvalue weighted by atomic mass is 19.1. The number of H-pyrrole nitrogens is 1. The van der Waals surface area contributed by atoms with Crippen LogP contribution in [0.25, 0.3) is 22.2 Å². The lowest BCUT2D eigenvalue weighted by atomic mass is 10.0. The Labute approximate surface area is 157 Å². The van der Waals surface area contributed by atoms with Gasteiger partial charge < -0.3 is 10.3 Å². The van der Waals surface area contributed by atoms with Gasteiger partial charge in [-0.1, -0.05) is 48.5 Å². The van der Waals surface area contributed by atoms with Crippen LogP contribution in [0.4, 0.5) is 4.39 Å². The van der Waals surface area contributed by atoms with Crippen molar-refractivity contribution in [3.05, 3.63) is 89.5 Å². The number of imidazole rings is 1. The lowest BCUT2D eigenvalue weighted by molar-refractivity contribution is 0.533. The van der Waals surface area contributed by atoms with Crippen molar-refractivity contribution in [3.63, 3.8) is 0 Å². The molecule has 2 N–H and O–H groups in total. The summed E-state index contributed by atoms with van der Waals surface area (Å²) >= 11 is 0. The first-order chi connectivity index (χ1) is 13.3. The molecule has 0 aliphatic heterocycles. The molecule has 1 aliphatic rings. The van der Waals surface area contributed by atoms with Crippen molar-refractivity contribution in [1.29, 1.82) is 0 Å². The standard InChI is InChI=1S/C23H20FN3/c24-22-20(9-10-21-23(22)27-14-26-21)16-7-5-15(6-8-16)13-25-19-11-17-3-1-2-4-18(17)12-19/h1-10,14,19,25H,11-13H2,(H,26,27). The van der Waals surface area contributed by atoms with Gasteiger partial charge in [0.2, 0.25) is 0 Å². The highest BCUT2D eigenvalue weighted by molar-refractivity contribution is 5.82. The van der Waals surface area contributed by atoms with Crippen molar-refractivity contribution in [2.45, 2.75) is 25.4 Å². The molecule has 0 radical (unpaired) electrons. The summed E-state index contributed by atoms with van der Waals surface area (Å²) in [5.41, 5.74) is 6.67. The van der Waals surface area contributed by atoms with Crippen LogP contribution >= 0.6 is 0 Å². The summed E-state index contributed by atoms with van der Waals surface area (Å²) in [6, 6.07) is 20.9. The van der Waals surface area contributed by atoms with Gasteiger partial charge in [0.15, 0.2) is 5.82 Å². The molecule has 0 saturated heterocycles. The second-order valence-corrected chi connectivity index (χ2v) is 7.18. The van der Waals surface area contributed by atoms with E-state index in [-0.39, 0.29) is 5.82 Å². The number of aromatic amines is 1. The minimum Gasteiger partial charge on any atom is -0.345 e. The molecule has 0 atom stereocenters. The summed E-state index contributed by atoms with van der Waals surface area (Å²) in [5, 5.41) is 3.65. The van der Waals surface area contributed by atoms with E-state index < -0.39 is 0 Å². The molecule has 3 aromatic carbocycles. The Morgan fingerprint density at radius 3 is 2.44 bits per heavy atom. The summed E-state index contributed by atoms with van der Waals surface area (Å²) in [7, 11) is 0. The first kappa shape index (κ1) is 16.2. The number of hydrogen-bond donors (Lipinski definition) is 2. The first-order valence-corrected chi connectivity index (χ1v) is 9.29. The normalized spacial score (nSPS) is 14.0. The fourth-order valence-electron chi connectivity index (χ4n) is 3.96. The molecule has 3 nitrogen and oxygen atoms in total. The van der Waals surface area contributed by atoms with Gasteiger partial charge in [-0.3, -0.25) is 0 Å². The first-order valence-electron chi connectivity index (χ1n) is 9.29. The van der Waals surface area contributed by atoms with Crippen LogP contribution in [-0.4, -0.2) is 16.0 Å². The van der Waals surface area contributed by atoms with E-state index in [9.17, 15) is 4.39 Å². The molecule has 0 saturated carbocycles. The van der Waals surface area contributed by atoms with Crippen molar-refractivity contribution in [2.75, 3.05) is 0 Å². The lowest BCUT2D eigenvalue weighted by Gasteiger charge is -2.12. The average molecular weight is 357 g/mol. The van der Waals surface area contributed by atoms with E-state index in [0.717, 1.165) is 30.5 Å². The van der Waals surface area contributed by atoms with E-state index in [1.807, 2.05) is 18.2 Å². The monoisotopic (exact) mass is 357 g/mol. The van der Waals surface area contributed by atoms with Crippen LogP contribution in [-0.2, 0) is 19.4 Å². The molecule has 0 amide bonds. The van der Waals surface area contributed by atoms with Crippen LogP contribution in [0.2, 0.25) is 0 Å². The highest BCUT2D eigenvalue weighted by Gasteiger charge is 2.20.